The zero-order valence-electron chi connectivity index (χ0n) is 11.3. The topological polar surface area (TPSA) is 53.8 Å². The van der Waals surface area contributed by atoms with Gasteiger partial charge in [0.1, 0.15) is 16.9 Å². The average Bonchev–Trinajstić information content (AvgIpc) is 2.97. The molecule has 114 valence electrons. The van der Waals surface area contributed by atoms with E-state index in [2.05, 4.69) is 4.98 Å². The van der Waals surface area contributed by atoms with Crippen molar-refractivity contribution in [2.45, 2.75) is 18.1 Å². The molecule has 0 aliphatic rings. The maximum absolute atomic E-state index is 13.2. The van der Waals surface area contributed by atoms with E-state index in [1.54, 1.807) is 23.6 Å². The Kier molecular flexibility index (Phi) is 4.88. The fourth-order valence-corrected chi connectivity index (χ4v) is 3.17. The molecule has 2 aromatic rings. The number of thiophene rings is 1. The molecule has 2 rings (SSSR count). The number of alkyl halides is 3. The fourth-order valence-electron chi connectivity index (χ4n) is 1.68. The number of Topliss-reactive ketones (excluding diaryl/α,β-unsaturated/α-hetero) is 1. The van der Waals surface area contributed by atoms with Gasteiger partial charge >= 0.3 is 6.18 Å². The summed E-state index contributed by atoms with van der Waals surface area (Å²) in [5.74, 6) is -0.238. The first-order valence-electron chi connectivity index (χ1n) is 6.01. The smallest absolute Gasteiger partial charge is 0.299 e. The quantitative estimate of drug-likeness (QED) is 0.774. The summed E-state index contributed by atoms with van der Waals surface area (Å²) in [7, 11) is 0. The molecule has 0 aliphatic carbocycles. The van der Waals surface area contributed by atoms with E-state index in [0.717, 1.165) is 17.8 Å². The molecule has 0 fully saturated rings. The van der Waals surface area contributed by atoms with Gasteiger partial charge in [0.2, 0.25) is 0 Å². The van der Waals surface area contributed by atoms with Crippen LogP contribution in [0.3, 0.4) is 0 Å². The third kappa shape index (κ3) is 3.67. The van der Waals surface area contributed by atoms with Gasteiger partial charge in [-0.15, -0.1) is 11.3 Å². The average molecular weight is 342 g/mol. The van der Waals surface area contributed by atoms with Gasteiger partial charge in [-0.05, 0) is 24.4 Å². The van der Waals surface area contributed by atoms with Crippen molar-refractivity contribution in [1.82, 2.24) is 4.98 Å². The molecule has 2 aromatic heterocycles. The lowest BCUT2D eigenvalue weighted by Crippen LogP contribution is -2.11. The number of nitrogens with zero attached hydrogens (tertiary/aromatic N) is 2. The summed E-state index contributed by atoms with van der Waals surface area (Å²) >= 11 is 2.10. The summed E-state index contributed by atoms with van der Waals surface area (Å²) in [5.41, 5.74) is -1.43. The van der Waals surface area contributed by atoms with Gasteiger partial charge < -0.3 is 0 Å². The lowest BCUT2D eigenvalue weighted by atomic mass is 10.1. The highest BCUT2D eigenvalue weighted by atomic mass is 32.2. The van der Waals surface area contributed by atoms with Crippen LogP contribution in [0.5, 0.6) is 0 Å². The number of hydrogen-bond acceptors (Lipinski definition) is 5. The highest BCUT2D eigenvalue weighted by Crippen LogP contribution is 2.38. The first kappa shape index (κ1) is 16.5. The molecule has 0 atom stereocenters. The van der Waals surface area contributed by atoms with Crippen LogP contribution in [-0.2, 0) is 11.0 Å². The monoisotopic (exact) mass is 342 g/mol. The third-order valence-corrected chi connectivity index (χ3v) is 4.60. The second-order valence-electron chi connectivity index (χ2n) is 4.31. The van der Waals surface area contributed by atoms with Gasteiger partial charge in [0.25, 0.3) is 0 Å². The Bertz CT molecular complexity index is 734. The number of thioether (sulfide) groups is 1. The minimum absolute atomic E-state index is 0.0349. The van der Waals surface area contributed by atoms with Gasteiger partial charge in [0, 0.05) is 0 Å². The summed E-state index contributed by atoms with van der Waals surface area (Å²) in [6.45, 7) is 1.33. The van der Waals surface area contributed by atoms with Crippen LogP contribution in [-0.4, -0.2) is 16.5 Å². The van der Waals surface area contributed by atoms with Crippen LogP contribution in [0.1, 0.15) is 18.1 Å². The zero-order chi connectivity index (χ0) is 16.3. The molecule has 22 heavy (non-hydrogen) atoms. The van der Waals surface area contributed by atoms with Crippen LogP contribution in [0, 0.1) is 11.3 Å². The number of aromatic nitrogens is 1. The molecule has 0 aromatic carbocycles. The maximum atomic E-state index is 13.2. The van der Waals surface area contributed by atoms with E-state index < -0.39 is 17.3 Å². The number of ketones is 1. The molecule has 3 nitrogen and oxygen atoms in total. The van der Waals surface area contributed by atoms with Crippen LogP contribution in [0.2, 0.25) is 0 Å². The molecule has 0 saturated heterocycles. The number of carbonyl (C=O) groups is 1. The highest BCUT2D eigenvalue weighted by Gasteiger charge is 2.36. The van der Waals surface area contributed by atoms with Gasteiger partial charge in [-0.25, -0.2) is 4.98 Å². The summed E-state index contributed by atoms with van der Waals surface area (Å²) in [6.07, 6.45) is -4.66. The second kappa shape index (κ2) is 6.50. The van der Waals surface area contributed by atoms with Crippen molar-refractivity contribution in [2.24, 2.45) is 0 Å². The van der Waals surface area contributed by atoms with Crippen molar-refractivity contribution in [2.75, 3.05) is 5.75 Å². The highest BCUT2D eigenvalue weighted by molar-refractivity contribution is 8.00. The number of nitriles is 1. The summed E-state index contributed by atoms with van der Waals surface area (Å²) in [4.78, 5) is 15.8. The minimum Gasteiger partial charge on any atom is -0.299 e. The number of halogens is 3. The second-order valence-corrected chi connectivity index (χ2v) is 6.22. The van der Waals surface area contributed by atoms with Gasteiger partial charge in [-0.3, -0.25) is 4.79 Å². The molecule has 0 radical (unpaired) electrons. The first-order chi connectivity index (χ1) is 10.3. The Balaban J connectivity index is 2.62. The number of hydrogen-bond donors (Lipinski definition) is 0. The predicted octanol–water partition coefficient (Wildman–Crippen LogP) is 4.38. The normalized spacial score (nSPS) is 11.2. The summed E-state index contributed by atoms with van der Waals surface area (Å²) in [6, 6.07) is 5.79. The van der Waals surface area contributed by atoms with E-state index in [0.29, 0.717) is 4.88 Å². The van der Waals surface area contributed by atoms with Crippen molar-refractivity contribution in [1.29, 1.82) is 5.26 Å². The predicted molar refractivity (Wildman–Crippen MR) is 78.7 cm³/mol. The van der Waals surface area contributed by atoms with E-state index >= 15 is 0 Å². The maximum Gasteiger partial charge on any atom is 0.417 e. The Hall–Kier alpha value is -1.85. The molecule has 2 heterocycles. The SMILES string of the molecule is CC(=O)CSc1nc(-c2cccs2)cc(C(F)(F)F)c1C#N. The van der Waals surface area contributed by atoms with Crippen molar-refractivity contribution >= 4 is 28.9 Å². The summed E-state index contributed by atoms with van der Waals surface area (Å²) < 4.78 is 39.6. The molecule has 0 unspecified atom stereocenters. The van der Waals surface area contributed by atoms with E-state index in [1.807, 2.05) is 0 Å². The van der Waals surface area contributed by atoms with Crippen LogP contribution < -0.4 is 0 Å². The first-order valence-corrected chi connectivity index (χ1v) is 7.88. The van der Waals surface area contributed by atoms with E-state index in [4.69, 9.17) is 5.26 Å². The van der Waals surface area contributed by atoms with Gasteiger partial charge in [0.05, 0.1) is 27.5 Å². The molecule has 0 spiro atoms. The molecular formula is C14H9F3N2OS2. The van der Waals surface area contributed by atoms with Crippen LogP contribution in [0.15, 0.2) is 28.6 Å². The molecule has 8 heteroatoms. The standard InChI is InChI=1S/C14H9F3N2OS2/c1-8(20)7-22-13-9(6-18)10(14(15,16)17)5-11(19-13)12-3-2-4-21-12/h2-5H,7H2,1H3. The fraction of sp³-hybridized carbons (Fsp3) is 0.214. The van der Waals surface area contributed by atoms with Crippen LogP contribution in [0.4, 0.5) is 13.2 Å². The Morgan fingerprint density at radius 1 is 1.50 bits per heavy atom. The Labute approximate surface area is 132 Å². The minimum atomic E-state index is -4.66. The molecule has 0 amide bonds. The lowest BCUT2D eigenvalue weighted by molar-refractivity contribution is -0.138. The van der Waals surface area contributed by atoms with Crippen molar-refractivity contribution < 1.29 is 18.0 Å². The van der Waals surface area contributed by atoms with Crippen LogP contribution in [0.25, 0.3) is 10.6 Å². The third-order valence-electron chi connectivity index (χ3n) is 2.59. The molecule has 0 bridgehead atoms. The molecule has 0 N–H and O–H groups in total. The van der Waals surface area contributed by atoms with E-state index in [1.165, 1.54) is 18.3 Å². The van der Waals surface area contributed by atoms with E-state index in [9.17, 15) is 18.0 Å². The molecular weight excluding hydrogens is 333 g/mol. The number of pyridine rings is 1. The largest absolute Gasteiger partial charge is 0.417 e. The van der Waals surface area contributed by atoms with Crippen molar-refractivity contribution in [3.05, 3.63) is 34.7 Å². The lowest BCUT2D eigenvalue weighted by Gasteiger charge is -2.13. The van der Waals surface area contributed by atoms with Crippen molar-refractivity contribution in [3.8, 4) is 16.6 Å². The Morgan fingerprint density at radius 3 is 2.73 bits per heavy atom. The number of carbonyl (C=O) groups excluding carboxylic acids is 1. The van der Waals surface area contributed by atoms with Gasteiger partial charge in [-0.2, -0.15) is 18.4 Å². The van der Waals surface area contributed by atoms with Crippen LogP contribution >= 0.6 is 23.1 Å². The van der Waals surface area contributed by atoms with Crippen molar-refractivity contribution in [3.63, 3.8) is 0 Å². The summed E-state index contributed by atoms with van der Waals surface area (Å²) in [5, 5.41) is 10.7. The van der Waals surface area contributed by atoms with Gasteiger partial charge in [-0.1, -0.05) is 17.8 Å². The van der Waals surface area contributed by atoms with E-state index in [-0.39, 0.29) is 22.3 Å². The Morgan fingerprint density at radius 2 is 2.23 bits per heavy atom. The number of rotatable bonds is 4. The van der Waals surface area contributed by atoms with Gasteiger partial charge in [0.15, 0.2) is 0 Å². The zero-order valence-corrected chi connectivity index (χ0v) is 12.9. The molecule has 0 aliphatic heterocycles. The molecule has 0 saturated carbocycles.